The smallest absolute Gasteiger partial charge is 0.307 e. The highest BCUT2D eigenvalue weighted by molar-refractivity contribution is 5.95. The fourth-order valence-electron chi connectivity index (χ4n) is 3.12. The molecule has 0 aliphatic carbocycles. The van der Waals surface area contributed by atoms with E-state index in [0.717, 1.165) is 33.5 Å². The summed E-state index contributed by atoms with van der Waals surface area (Å²) < 4.78 is 16.3. The Kier molecular flexibility index (Phi) is 3.72. The number of aromatic nitrogens is 1. The van der Waals surface area contributed by atoms with E-state index in [1.54, 1.807) is 0 Å². The van der Waals surface area contributed by atoms with Crippen LogP contribution in [0.4, 0.5) is 0 Å². The number of carboxylic acid groups (broad SMARTS) is 1. The van der Waals surface area contributed by atoms with Gasteiger partial charge in [0.15, 0.2) is 11.5 Å². The molecule has 0 unspecified atom stereocenters. The van der Waals surface area contributed by atoms with Gasteiger partial charge in [0, 0.05) is 16.5 Å². The number of nitrogens with one attached hydrogen (secondary N) is 1. The summed E-state index contributed by atoms with van der Waals surface area (Å²) in [6.07, 6.45) is -0.0840. The van der Waals surface area contributed by atoms with E-state index in [9.17, 15) is 9.90 Å². The predicted octanol–water partition coefficient (Wildman–Crippen LogP) is 3.59. The van der Waals surface area contributed by atoms with Crippen molar-refractivity contribution in [1.29, 1.82) is 0 Å². The minimum Gasteiger partial charge on any atom is -0.494 e. The third-order valence-electron chi connectivity index (χ3n) is 4.18. The second-order valence-corrected chi connectivity index (χ2v) is 5.76. The largest absolute Gasteiger partial charge is 0.494 e. The summed E-state index contributed by atoms with van der Waals surface area (Å²) in [5.74, 6) is 1.19. The Morgan fingerprint density at radius 2 is 2.04 bits per heavy atom. The average molecular weight is 339 g/mol. The Morgan fingerprint density at radius 3 is 2.84 bits per heavy atom. The highest BCUT2D eigenvalue weighted by Crippen LogP contribution is 2.39. The molecule has 0 bridgehead atoms. The zero-order valence-corrected chi connectivity index (χ0v) is 13.7. The van der Waals surface area contributed by atoms with E-state index in [2.05, 4.69) is 4.98 Å². The highest BCUT2D eigenvalue weighted by atomic mass is 16.7. The van der Waals surface area contributed by atoms with E-state index < -0.39 is 5.97 Å². The Hall–Kier alpha value is -3.15. The fraction of sp³-hybridized carbons (Fsp3) is 0.211. The van der Waals surface area contributed by atoms with Gasteiger partial charge in [-0.25, -0.2) is 0 Å². The molecule has 6 nitrogen and oxygen atoms in total. The molecule has 0 saturated carbocycles. The van der Waals surface area contributed by atoms with Gasteiger partial charge in [-0.2, -0.15) is 0 Å². The zero-order valence-electron chi connectivity index (χ0n) is 13.7. The number of aliphatic carboxylic acids is 1. The van der Waals surface area contributed by atoms with Crippen LogP contribution in [-0.4, -0.2) is 29.5 Å². The van der Waals surface area contributed by atoms with Crippen LogP contribution in [0.15, 0.2) is 36.4 Å². The van der Waals surface area contributed by atoms with Crippen LogP contribution in [0.25, 0.3) is 22.2 Å². The van der Waals surface area contributed by atoms with Gasteiger partial charge in [-0.3, -0.25) is 4.79 Å². The van der Waals surface area contributed by atoms with Crippen molar-refractivity contribution < 1.29 is 24.1 Å². The first-order valence-corrected chi connectivity index (χ1v) is 8.05. The van der Waals surface area contributed by atoms with Gasteiger partial charge < -0.3 is 24.3 Å². The van der Waals surface area contributed by atoms with Crippen molar-refractivity contribution in [2.75, 3.05) is 13.4 Å². The Bertz CT molecular complexity index is 960. The van der Waals surface area contributed by atoms with Gasteiger partial charge in [0.1, 0.15) is 5.75 Å². The van der Waals surface area contributed by atoms with Crippen LogP contribution in [0.3, 0.4) is 0 Å². The molecular weight excluding hydrogens is 322 g/mol. The summed E-state index contributed by atoms with van der Waals surface area (Å²) >= 11 is 0. The monoisotopic (exact) mass is 339 g/mol. The number of rotatable bonds is 5. The maximum absolute atomic E-state index is 11.4. The molecule has 2 N–H and O–H groups in total. The summed E-state index contributed by atoms with van der Waals surface area (Å²) in [6, 6.07) is 11.2. The minimum atomic E-state index is -0.885. The van der Waals surface area contributed by atoms with Crippen molar-refractivity contribution in [3.8, 4) is 28.5 Å². The van der Waals surface area contributed by atoms with Crippen molar-refractivity contribution >= 4 is 16.9 Å². The number of hydrogen-bond acceptors (Lipinski definition) is 4. The van der Waals surface area contributed by atoms with Gasteiger partial charge in [0.25, 0.3) is 0 Å². The fourth-order valence-corrected chi connectivity index (χ4v) is 3.12. The lowest BCUT2D eigenvalue weighted by Gasteiger charge is -2.05. The third-order valence-corrected chi connectivity index (χ3v) is 4.18. The van der Waals surface area contributed by atoms with Crippen LogP contribution in [0.1, 0.15) is 12.5 Å². The van der Waals surface area contributed by atoms with Crippen LogP contribution in [0.2, 0.25) is 0 Å². The third kappa shape index (κ3) is 2.76. The number of fused-ring (bicyclic) bond motifs is 2. The maximum Gasteiger partial charge on any atom is 0.307 e. The molecule has 0 fully saturated rings. The van der Waals surface area contributed by atoms with Crippen LogP contribution >= 0.6 is 0 Å². The highest BCUT2D eigenvalue weighted by Gasteiger charge is 2.19. The summed E-state index contributed by atoms with van der Waals surface area (Å²) in [7, 11) is 0. The number of carbonyl (C=O) groups is 1. The van der Waals surface area contributed by atoms with Gasteiger partial charge in [0.2, 0.25) is 6.79 Å². The predicted molar refractivity (Wildman–Crippen MR) is 92.4 cm³/mol. The number of aromatic amines is 1. The van der Waals surface area contributed by atoms with E-state index in [-0.39, 0.29) is 13.2 Å². The first kappa shape index (κ1) is 15.4. The molecule has 0 saturated heterocycles. The number of carboxylic acids is 1. The number of H-pyrrole nitrogens is 1. The molecule has 128 valence electrons. The zero-order chi connectivity index (χ0) is 17.4. The van der Waals surface area contributed by atoms with E-state index in [1.807, 2.05) is 43.3 Å². The first-order valence-electron chi connectivity index (χ1n) is 8.05. The molecule has 25 heavy (non-hydrogen) atoms. The van der Waals surface area contributed by atoms with Crippen LogP contribution < -0.4 is 14.2 Å². The summed E-state index contributed by atoms with van der Waals surface area (Å²) in [5.41, 5.74) is 3.22. The molecule has 0 amide bonds. The van der Waals surface area contributed by atoms with E-state index in [1.165, 1.54) is 0 Å². The normalized spacial score (nSPS) is 12.5. The minimum absolute atomic E-state index is 0.0840. The molecule has 0 radical (unpaired) electrons. The van der Waals surface area contributed by atoms with Gasteiger partial charge in [0.05, 0.1) is 18.7 Å². The number of benzene rings is 2. The maximum atomic E-state index is 11.4. The first-order chi connectivity index (χ1) is 12.2. The van der Waals surface area contributed by atoms with Gasteiger partial charge in [-0.1, -0.05) is 0 Å². The SMILES string of the molecule is CCOc1ccc2[nH]c(-c3ccc4c(c3)OCO4)c(CC(=O)O)c2c1. The topological polar surface area (TPSA) is 80.8 Å². The Balaban J connectivity index is 1.88. The Labute approximate surface area is 143 Å². The molecule has 3 aromatic rings. The second-order valence-electron chi connectivity index (χ2n) is 5.76. The van der Waals surface area contributed by atoms with Crippen LogP contribution in [0.5, 0.6) is 17.2 Å². The standard InChI is InChI=1S/C19H17NO5/c1-2-23-12-4-5-15-13(8-12)14(9-18(21)22)19(20-15)11-3-6-16-17(7-11)25-10-24-16/h3-8,20H,2,9-10H2,1H3,(H,21,22). The average Bonchev–Trinajstić information content (AvgIpc) is 3.19. The molecule has 4 rings (SSSR count). The molecule has 2 heterocycles. The lowest BCUT2D eigenvalue weighted by Crippen LogP contribution is -2.01. The van der Waals surface area contributed by atoms with Gasteiger partial charge in [-0.15, -0.1) is 0 Å². The lowest BCUT2D eigenvalue weighted by atomic mass is 10.0. The quantitative estimate of drug-likeness (QED) is 0.742. The molecule has 1 aliphatic heterocycles. The lowest BCUT2D eigenvalue weighted by molar-refractivity contribution is -0.136. The van der Waals surface area contributed by atoms with E-state index in [4.69, 9.17) is 14.2 Å². The van der Waals surface area contributed by atoms with Crippen molar-refractivity contribution in [3.63, 3.8) is 0 Å². The molecule has 0 spiro atoms. The van der Waals surface area contributed by atoms with Crippen LogP contribution in [0, 0.1) is 0 Å². The van der Waals surface area contributed by atoms with E-state index in [0.29, 0.717) is 18.1 Å². The van der Waals surface area contributed by atoms with Crippen LogP contribution in [-0.2, 0) is 11.2 Å². The second kappa shape index (κ2) is 6.05. The summed E-state index contributed by atoms with van der Waals surface area (Å²) in [4.78, 5) is 14.7. The van der Waals surface area contributed by atoms with E-state index >= 15 is 0 Å². The molecular formula is C19H17NO5. The summed E-state index contributed by atoms with van der Waals surface area (Å²) in [5, 5.41) is 10.2. The van der Waals surface area contributed by atoms with Crippen molar-refractivity contribution in [1.82, 2.24) is 4.98 Å². The molecule has 2 aromatic carbocycles. The Morgan fingerprint density at radius 1 is 1.20 bits per heavy atom. The summed E-state index contributed by atoms with van der Waals surface area (Å²) in [6.45, 7) is 2.67. The molecule has 6 heteroatoms. The number of ether oxygens (including phenoxy) is 3. The molecule has 1 aliphatic rings. The van der Waals surface area contributed by atoms with Crippen molar-refractivity contribution in [2.45, 2.75) is 13.3 Å². The van der Waals surface area contributed by atoms with Gasteiger partial charge in [-0.05, 0) is 48.9 Å². The van der Waals surface area contributed by atoms with Gasteiger partial charge >= 0.3 is 5.97 Å². The van der Waals surface area contributed by atoms with Crippen molar-refractivity contribution in [3.05, 3.63) is 42.0 Å². The molecule has 0 atom stereocenters. The van der Waals surface area contributed by atoms with Crippen molar-refractivity contribution in [2.24, 2.45) is 0 Å². The molecule has 1 aromatic heterocycles. The number of hydrogen-bond donors (Lipinski definition) is 2.